The van der Waals surface area contributed by atoms with Crippen LogP contribution in [0.2, 0.25) is 0 Å². The summed E-state index contributed by atoms with van der Waals surface area (Å²) in [6, 6.07) is 50.7. The van der Waals surface area contributed by atoms with Gasteiger partial charge in [-0.25, -0.2) is 15.0 Å². The quantitative estimate of drug-likeness (QED) is 0.196. The van der Waals surface area contributed by atoms with E-state index in [1.54, 1.807) is 0 Å². The average molecular weight is 575 g/mol. The Labute approximate surface area is 259 Å². The lowest BCUT2D eigenvalue weighted by Crippen LogP contribution is -1.94. The van der Waals surface area contributed by atoms with E-state index in [1.807, 2.05) is 30.3 Å². The van der Waals surface area contributed by atoms with Crippen LogP contribution in [0.3, 0.4) is 0 Å². The molecule has 0 aliphatic rings. The first-order valence-corrected chi connectivity index (χ1v) is 15.1. The smallest absolute Gasteiger partial charge is 0.138 e. The monoisotopic (exact) mass is 574 g/mol. The minimum atomic E-state index is 0.914. The molecule has 4 heteroatoms. The molecule has 0 atom stereocenters. The van der Waals surface area contributed by atoms with E-state index in [2.05, 4.69) is 132 Å². The van der Waals surface area contributed by atoms with Gasteiger partial charge in [0.05, 0.1) is 28.1 Å². The predicted molar refractivity (Wildman–Crippen MR) is 185 cm³/mol. The number of benzene rings is 5. The van der Waals surface area contributed by atoms with Crippen LogP contribution in [0, 0.1) is 0 Å². The summed E-state index contributed by atoms with van der Waals surface area (Å²) in [5, 5.41) is 4.40. The third kappa shape index (κ3) is 4.35. The van der Waals surface area contributed by atoms with E-state index in [0.29, 0.717) is 0 Å². The van der Waals surface area contributed by atoms with Crippen molar-refractivity contribution in [3.8, 4) is 44.9 Å². The van der Waals surface area contributed by atoms with Gasteiger partial charge < -0.3 is 4.40 Å². The molecule has 0 bridgehead atoms. The third-order valence-corrected chi connectivity index (χ3v) is 8.60. The highest BCUT2D eigenvalue weighted by molar-refractivity contribution is 6.20. The van der Waals surface area contributed by atoms with Gasteiger partial charge in [-0.15, -0.1) is 0 Å². The number of imidazole rings is 1. The fourth-order valence-corrected chi connectivity index (χ4v) is 6.34. The summed E-state index contributed by atoms with van der Waals surface area (Å²) in [5.74, 6) is 0. The summed E-state index contributed by atoms with van der Waals surface area (Å²) in [6.45, 7) is 0. The van der Waals surface area contributed by atoms with Crippen molar-refractivity contribution in [1.29, 1.82) is 0 Å². The topological polar surface area (TPSA) is 43.1 Å². The molecule has 0 amide bonds. The molecule has 0 aliphatic heterocycles. The molecule has 4 nitrogen and oxygen atoms in total. The number of fused-ring (bicyclic) bond motifs is 6. The highest BCUT2D eigenvalue weighted by Crippen LogP contribution is 2.39. The van der Waals surface area contributed by atoms with E-state index < -0.39 is 0 Å². The van der Waals surface area contributed by atoms with Crippen molar-refractivity contribution in [2.45, 2.75) is 0 Å². The zero-order valence-corrected chi connectivity index (χ0v) is 24.3. The number of rotatable bonds is 4. The molecular weight excluding hydrogens is 548 g/mol. The lowest BCUT2D eigenvalue weighted by molar-refractivity contribution is 1.19. The van der Waals surface area contributed by atoms with Crippen molar-refractivity contribution in [2.24, 2.45) is 0 Å². The maximum Gasteiger partial charge on any atom is 0.138 e. The molecule has 0 radical (unpaired) electrons. The molecule has 4 aromatic heterocycles. The van der Waals surface area contributed by atoms with Gasteiger partial charge >= 0.3 is 0 Å². The normalized spacial score (nSPS) is 11.6. The van der Waals surface area contributed by atoms with Crippen LogP contribution in [0.25, 0.3) is 83.1 Å². The van der Waals surface area contributed by atoms with Gasteiger partial charge in [-0.2, -0.15) is 0 Å². The van der Waals surface area contributed by atoms with Crippen LogP contribution in [0.1, 0.15) is 0 Å². The fraction of sp³-hybridized carbons (Fsp3) is 0. The first kappa shape index (κ1) is 25.4. The SMILES string of the molecule is c1ccc(-c2ccc3ccc4c5cc(-c6ccn7cc(-c8ccccc8)nc7c6)ccc5nc(-c5ccccc5)c4c3n2)cc1. The highest BCUT2D eigenvalue weighted by Gasteiger charge is 2.16. The van der Waals surface area contributed by atoms with Crippen LogP contribution in [-0.4, -0.2) is 19.4 Å². The summed E-state index contributed by atoms with van der Waals surface area (Å²) >= 11 is 0. The van der Waals surface area contributed by atoms with Crippen molar-refractivity contribution >= 4 is 38.2 Å². The van der Waals surface area contributed by atoms with Crippen LogP contribution in [-0.2, 0) is 0 Å². The molecule has 0 saturated heterocycles. The van der Waals surface area contributed by atoms with Crippen molar-refractivity contribution < 1.29 is 0 Å². The van der Waals surface area contributed by atoms with Crippen molar-refractivity contribution in [2.75, 3.05) is 0 Å². The van der Waals surface area contributed by atoms with E-state index in [0.717, 1.165) is 83.1 Å². The molecule has 5 aromatic carbocycles. The van der Waals surface area contributed by atoms with E-state index in [9.17, 15) is 0 Å². The molecule has 9 aromatic rings. The number of pyridine rings is 3. The minimum absolute atomic E-state index is 0.914. The molecule has 0 saturated carbocycles. The zero-order valence-electron chi connectivity index (χ0n) is 24.3. The van der Waals surface area contributed by atoms with Gasteiger partial charge in [0, 0.05) is 45.2 Å². The molecule has 9 rings (SSSR count). The lowest BCUT2D eigenvalue weighted by atomic mass is 9.95. The second-order valence-corrected chi connectivity index (χ2v) is 11.4. The Balaban J connectivity index is 1.27. The van der Waals surface area contributed by atoms with Crippen LogP contribution < -0.4 is 0 Å². The van der Waals surface area contributed by atoms with Crippen LogP contribution >= 0.6 is 0 Å². The number of hydrogen-bond acceptors (Lipinski definition) is 3. The molecule has 0 fully saturated rings. The third-order valence-electron chi connectivity index (χ3n) is 8.60. The van der Waals surface area contributed by atoms with Gasteiger partial charge in [-0.3, -0.25) is 0 Å². The first-order valence-electron chi connectivity index (χ1n) is 15.1. The van der Waals surface area contributed by atoms with Crippen molar-refractivity contribution in [1.82, 2.24) is 19.4 Å². The Kier molecular flexibility index (Phi) is 5.78. The van der Waals surface area contributed by atoms with Crippen LogP contribution in [0.15, 0.2) is 158 Å². The summed E-state index contributed by atoms with van der Waals surface area (Å²) in [6.07, 6.45) is 4.17. The van der Waals surface area contributed by atoms with Crippen molar-refractivity contribution in [3.63, 3.8) is 0 Å². The Hall–Kier alpha value is -6.13. The Morgan fingerprint density at radius 1 is 0.444 bits per heavy atom. The maximum atomic E-state index is 5.29. The highest BCUT2D eigenvalue weighted by atomic mass is 15.0. The Morgan fingerprint density at radius 3 is 1.87 bits per heavy atom. The number of nitrogens with zero attached hydrogens (tertiary/aromatic N) is 4. The average Bonchev–Trinajstić information content (AvgIpc) is 3.55. The van der Waals surface area contributed by atoms with Crippen LogP contribution in [0.4, 0.5) is 0 Å². The maximum absolute atomic E-state index is 5.29. The number of aromatic nitrogens is 4. The van der Waals surface area contributed by atoms with E-state index in [-0.39, 0.29) is 0 Å². The Bertz CT molecular complexity index is 2520. The molecule has 4 heterocycles. The largest absolute Gasteiger partial charge is 0.306 e. The van der Waals surface area contributed by atoms with Gasteiger partial charge in [0.1, 0.15) is 5.65 Å². The molecule has 0 spiro atoms. The lowest BCUT2D eigenvalue weighted by Gasteiger charge is -2.14. The fourth-order valence-electron chi connectivity index (χ4n) is 6.34. The molecule has 210 valence electrons. The molecular formula is C41H26N4. The summed E-state index contributed by atoms with van der Waals surface area (Å²) in [7, 11) is 0. The second kappa shape index (κ2) is 10.2. The van der Waals surface area contributed by atoms with Gasteiger partial charge in [-0.05, 0) is 46.8 Å². The van der Waals surface area contributed by atoms with Gasteiger partial charge in [0.2, 0.25) is 0 Å². The zero-order chi connectivity index (χ0) is 29.7. The van der Waals surface area contributed by atoms with E-state index >= 15 is 0 Å². The molecule has 45 heavy (non-hydrogen) atoms. The first-order chi connectivity index (χ1) is 22.3. The van der Waals surface area contributed by atoms with E-state index in [1.165, 1.54) is 0 Å². The second-order valence-electron chi connectivity index (χ2n) is 11.4. The molecule has 0 aliphatic carbocycles. The summed E-state index contributed by atoms with van der Waals surface area (Å²) in [5.41, 5.74) is 11.2. The van der Waals surface area contributed by atoms with Gasteiger partial charge in [-0.1, -0.05) is 115 Å². The van der Waals surface area contributed by atoms with Gasteiger partial charge in [0.25, 0.3) is 0 Å². The minimum Gasteiger partial charge on any atom is -0.306 e. The molecule has 0 unspecified atom stereocenters. The Morgan fingerprint density at radius 2 is 1.11 bits per heavy atom. The van der Waals surface area contributed by atoms with E-state index in [4.69, 9.17) is 15.0 Å². The number of hydrogen-bond donors (Lipinski definition) is 0. The molecule has 0 N–H and O–H groups in total. The summed E-state index contributed by atoms with van der Waals surface area (Å²) in [4.78, 5) is 15.5. The summed E-state index contributed by atoms with van der Waals surface area (Å²) < 4.78 is 2.08. The van der Waals surface area contributed by atoms with Gasteiger partial charge in [0.15, 0.2) is 0 Å². The van der Waals surface area contributed by atoms with Crippen molar-refractivity contribution in [3.05, 3.63) is 158 Å². The predicted octanol–water partition coefficient (Wildman–Crippen LogP) is 10.3. The van der Waals surface area contributed by atoms with Crippen LogP contribution in [0.5, 0.6) is 0 Å². The standard InChI is InChI=1S/C41H26N4/c1-4-10-27(11-5-1)35-20-17-30-16-19-33-34-24-31(32-22-23-45-26-37(42-38(45)25-32)28-12-6-2-7-13-28)18-21-36(34)44-40(39(33)41(30)43-35)29-14-8-3-9-15-29/h1-26H.